The molecule has 132 valence electrons. The molecule has 4 N–H and O–H groups in total. The first-order chi connectivity index (χ1) is 11.8. The number of hydrogen-bond donors (Lipinski definition) is 2. The molecule has 0 aliphatic heterocycles. The molecule has 2 rings (SSSR count). The quantitative estimate of drug-likeness (QED) is 0.475. The van der Waals surface area contributed by atoms with Crippen LogP contribution in [0.5, 0.6) is 11.5 Å². The first-order valence-electron chi connectivity index (χ1n) is 7.01. The molecule has 0 unspecified atom stereocenters. The zero-order chi connectivity index (χ0) is 18.3. The predicted molar refractivity (Wildman–Crippen MR) is 87.3 cm³/mol. The van der Waals surface area contributed by atoms with E-state index < -0.39 is 6.36 Å². The van der Waals surface area contributed by atoms with Gasteiger partial charge in [0, 0.05) is 0 Å². The summed E-state index contributed by atoms with van der Waals surface area (Å²) in [5.41, 5.74) is 12.0. The summed E-state index contributed by atoms with van der Waals surface area (Å²) < 4.78 is 45.5. The van der Waals surface area contributed by atoms with Gasteiger partial charge in [0.2, 0.25) is 5.96 Å². The van der Waals surface area contributed by atoms with Crippen LogP contribution < -0.4 is 20.9 Å². The number of alkyl halides is 3. The van der Waals surface area contributed by atoms with Crippen molar-refractivity contribution in [3.8, 4) is 11.5 Å². The second-order valence-corrected chi connectivity index (χ2v) is 4.82. The summed E-state index contributed by atoms with van der Waals surface area (Å²) in [6.45, 7) is 0.255. The molecule has 0 amide bonds. The number of benzene rings is 2. The van der Waals surface area contributed by atoms with Gasteiger partial charge < -0.3 is 20.9 Å². The van der Waals surface area contributed by atoms with Crippen LogP contribution in [0.15, 0.2) is 58.7 Å². The molecule has 0 heterocycles. The fraction of sp³-hybridized carbons (Fsp3) is 0.125. The molecule has 2 aromatic carbocycles. The number of nitrogens with two attached hydrogens (primary N) is 2. The molecule has 0 fully saturated rings. The van der Waals surface area contributed by atoms with Crippen molar-refractivity contribution in [2.24, 2.45) is 21.7 Å². The minimum absolute atomic E-state index is 0.132. The highest BCUT2D eigenvalue weighted by Gasteiger charge is 2.30. The maximum atomic E-state index is 12.1. The van der Waals surface area contributed by atoms with E-state index in [1.54, 1.807) is 12.1 Å². The van der Waals surface area contributed by atoms with Gasteiger partial charge in [-0.1, -0.05) is 24.3 Å². The van der Waals surface area contributed by atoms with Gasteiger partial charge in [0.1, 0.15) is 18.1 Å². The SMILES string of the molecule is NC(N)=NN=Cc1ccc(COc2ccc(OC(F)(F)F)cc2)cc1. The van der Waals surface area contributed by atoms with Gasteiger partial charge in [0.25, 0.3) is 0 Å². The van der Waals surface area contributed by atoms with Crippen molar-refractivity contribution >= 4 is 12.2 Å². The van der Waals surface area contributed by atoms with Crippen molar-refractivity contribution in [1.82, 2.24) is 0 Å². The number of hydrogen-bond acceptors (Lipinski definition) is 4. The Morgan fingerprint density at radius 2 is 1.56 bits per heavy atom. The van der Waals surface area contributed by atoms with E-state index >= 15 is 0 Å². The molecule has 0 aliphatic carbocycles. The normalized spacial score (nSPS) is 11.3. The lowest BCUT2D eigenvalue weighted by molar-refractivity contribution is -0.274. The Labute approximate surface area is 141 Å². The highest BCUT2D eigenvalue weighted by atomic mass is 19.4. The van der Waals surface area contributed by atoms with Gasteiger partial charge in [-0.2, -0.15) is 5.10 Å². The topological polar surface area (TPSA) is 95.2 Å². The van der Waals surface area contributed by atoms with E-state index in [0.717, 1.165) is 11.1 Å². The fourth-order valence-corrected chi connectivity index (χ4v) is 1.77. The summed E-state index contributed by atoms with van der Waals surface area (Å²) in [6.07, 6.45) is -3.22. The molecule has 2 aromatic rings. The van der Waals surface area contributed by atoms with Gasteiger partial charge in [-0.25, -0.2) is 0 Å². The van der Waals surface area contributed by atoms with Crippen molar-refractivity contribution in [1.29, 1.82) is 0 Å². The van der Waals surface area contributed by atoms with Gasteiger partial charge in [-0.05, 0) is 35.4 Å². The van der Waals surface area contributed by atoms with Gasteiger partial charge in [-0.3, -0.25) is 0 Å². The van der Waals surface area contributed by atoms with Crippen molar-refractivity contribution in [2.45, 2.75) is 13.0 Å². The lowest BCUT2D eigenvalue weighted by Crippen LogP contribution is -2.21. The molecule has 0 saturated carbocycles. The van der Waals surface area contributed by atoms with Crippen molar-refractivity contribution in [3.05, 3.63) is 59.7 Å². The van der Waals surface area contributed by atoms with Gasteiger partial charge in [-0.15, -0.1) is 18.3 Å². The van der Waals surface area contributed by atoms with Crippen LogP contribution >= 0.6 is 0 Å². The molecule has 6 nitrogen and oxygen atoms in total. The largest absolute Gasteiger partial charge is 0.573 e. The minimum atomic E-state index is -4.71. The van der Waals surface area contributed by atoms with Crippen molar-refractivity contribution in [2.75, 3.05) is 0 Å². The predicted octanol–water partition coefficient (Wildman–Crippen LogP) is 2.77. The van der Waals surface area contributed by atoms with Crippen LogP contribution in [-0.2, 0) is 6.61 Å². The first-order valence-corrected chi connectivity index (χ1v) is 7.01. The van der Waals surface area contributed by atoms with E-state index in [4.69, 9.17) is 16.2 Å². The van der Waals surface area contributed by atoms with E-state index in [1.807, 2.05) is 12.1 Å². The van der Waals surface area contributed by atoms with Crippen LogP contribution in [-0.4, -0.2) is 18.5 Å². The number of rotatable bonds is 6. The molecular weight excluding hydrogens is 337 g/mol. The second kappa shape index (κ2) is 8.04. The fourth-order valence-electron chi connectivity index (χ4n) is 1.77. The Morgan fingerprint density at radius 1 is 0.960 bits per heavy atom. The van der Waals surface area contributed by atoms with Crippen LogP contribution in [0.25, 0.3) is 0 Å². The van der Waals surface area contributed by atoms with E-state index in [2.05, 4.69) is 14.9 Å². The summed E-state index contributed by atoms with van der Waals surface area (Å²) in [5.74, 6) is -0.00916. The Bertz CT molecular complexity index is 737. The smallest absolute Gasteiger partial charge is 0.489 e. The third-order valence-electron chi connectivity index (χ3n) is 2.82. The Morgan fingerprint density at radius 3 is 2.12 bits per heavy atom. The van der Waals surface area contributed by atoms with E-state index in [1.165, 1.54) is 30.5 Å². The molecule has 25 heavy (non-hydrogen) atoms. The number of guanidine groups is 1. The summed E-state index contributed by atoms with van der Waals surface area (Å²) in [5, 5.41) is 7.17. The maximum absolute atomic E-state index is 12.1. The summed E-state index contributed by atoms with van der Waals surface area (Å²) >= 11 is 0. The molecule has 0 aromatic heterocycles. The molecule has 0 bridgehead atoms. The monoisotopic (exact) mass is 352 g/mol. The summed E-state index contributed by atoms with van der Waals surface area (Å²) in [7, 11) is 0. The molecule has 0 saturated heterocycles. The van der Waals surface area contributed by atoms with E-state index in [9.17, 15) is 13.2 Å². The molecule has 0 spiro atoms. The van der Waals surface area contributed by atoms with Crippen molar-refractivity contribution < 1.29 is 22.6 Å². The highest BCUT2D eigenvalue weighted by molar-refractivity contribution is 5.81. The lowest BCUT2D eigenvalue weighted by Gasteiger charge is -2.10. The van der Waals surface area contributed by atoms with E-state index in [-0.39, 0.29) is 18.3 Å². The average Bonchev–Trinajstić information content (AvgIpc) is 2.54. The second-order valence-electron chi connectivity index (χ2n) is 4.82. The third-order valence-corrected chi connectivity index (χ3v) is 2.82. The van der Waals surface area contributed by atoms with Crippen LogP contribution in [0, 0.1) is 0 Å². The summed E-state index contributed by atoms with van der Waals surface area (Å²) in [6, 6.07) is 12.4. The summed E-state index contributed by atoms with van der Waals surface area (Å²) in [4.78, 5) is 0. The van der Waals surface area contributed by atoms with Gasteiger partial charge >= 0.3 is 6.36 Å². The third kappa shape index (κ3) is 6.81. The van der Waals surface area contributed by atoms with E-state index in [0.29, 0.717) is 5.75 Å². The lowest BCUT2D eigenvalue weighted by atomic mass is 10.1. The molecular formula is C16H15F3N4O2. The number of nitrogens with zero attached hydrogens (tertiary/aromatic N) is 2. The average molecular weight is 352 g/mol. The van der Waals surface area contributed by atoms with Crippen LogP contribution in [0.3, 0.4) is 0 Å². The zero-order valence-electron chi connectivity index (χ0n) is 12.9. The minimum Gasteiger partial charge on any atom is -0.489 e. The molecule has 9 heteroatoms. The zero-order valence-corrected chi connectivity index (χ0v) is 12.9. The highest BCUT2D eigenvalue weighted by Crippen LogP contribution is 2.25. The Kier molecular flexibility index (Phi) is 5.83. The molecule has 0 aliphatic rings. The Hall–Kier alpha value is -3.23. The van der Waals surface area contributed by atoms with Gasteiger partial charge in [0.05, 0.1) is 6.21 Å². The maximum Gasteiger partial charge on any atom is 0.573 e. The van der Waals surface area contributed by atoms with Crippen molar-refractivity contribution in [3.63, 3.8) is 0 Å². The first kappa shape index (κ1) is 18.1. The molecule has 0 atom stereocenters. The standard InChI is InChI=1S/C16H15F3N4O2/c17-16(18,19)25-14-7-5-13(6-8-14)24-10-12-3-1-11(2-4-12)9-22-23-15(20)21/h1-9H,10H2,(H4,20,21,23). The number of halogens is 3. The Balaban J connectivity index is 1.88. The number of ether oxygens (including phenoxy) is 2. The van der Waals surface area contributed by atoms with Gasteiger partial charge in [0.15, 0.2) is 0 Å². The molecule has 0 radical (unpaired) electrons. The van der Waals surface area contributed by atoms with Crippen LogP contribution in [0.1, 0.15) is 11.1 Å². The van der Waals surface area contributed by atoms with Crippen LogP contribution in [0.2, 0.25) is 0 Å². The van der Waals surface area contributed by atoms with Crippen LogP contribution in [0.4, 0.5) is 13.2 Å².